The summed E-state index contributed by atoms with van der Waals surface area (Å²) in [7, 11) is 0. The Balaban J connectivity index is 2.96. The average molecular weight is 208 g/mol. The van der Waals surface area contributed by atoms with Gasteiger partial charge in [-0.15, -0.1) is 0 Å². The van der Waals surface area contributed by atoms with Gasteiger partial charge in [-0.1, -0.05) is 37.3 Å². The maximum atomic E-state index is 10.8. The van der Waals surface area contributed by atoms with E-state index in [1.807, 2.05) is 0 Å². The second-order valence-electron chi connectivity index (χ2n) is 3.35. The van der Waals surface area contributed by atoms with Crippen LogP contribution in [0.15, 0.2) is 30.3 Å². The van der Waals surface area contributed by atoms with Crippen molar-refractivity contribution in [1.82, 2.24) is 0 Å². The molecule has 4 nitrogen and oxygen atoms in total. The third-order valence-electron chi connectivity index (χ3n) is 2.36. The molecule has 1 aromatic carbocycles. The molecule has 1 rings (SSSR count). The van der Waals surface area contributed by atoms with Crippen LogP contribution in [0.2, 0.25) is 0 Å². The molecule has 2 N–H and O–H groups in total. The first-order valence-corrected chi connectivity index (χ1v) is 4.54. The Morgan fingerprint density at radius 3 is 1.93 bits per heavy atom. The van der Waals surface area contributed by atoms with Gasteiger partial charge in [-0.05, 0) is 5.56 Å². The normalized spacial score (nSPS) is 12.4. The molecule has 4 heteroatoms. The van der Waals surface area contributed by atoms with Gasteiger partial charge in [0.25, 0.3) is 0 Å². The number of carboxylic acids is 2. The molecule has 1 aromatic rings. The van der Waals surface area contributed by atoms with Crippen LogP contribution in [0.5, 0.6) is 0 Å². The molecule has 0 fully saturated rings. The number of carboxylic acid groups (broad SMARTS) is 2. The molecule has 0 unspecified atom stereocenters. The van der Waals surface area contributed by atoms with Crippen LogP contribution in [-0.2, 0) is 9.59 Å². The van der Waals surface area contributed by atoms with E-state index in [1.54, 1.807) is 37.3 Å². The first kappa shape index (κ1) is 11.2. The van der Waals surface area contributed by atoms with Gasteiger partial charge in [0.05, 0.1) is 0 Å². The van der Waals surface area contributed by atoms with Crippen molar-refractivity contribution in [2.24, 2.45) is 5.92 Å². The predicted molar refractivity (Wildman–Crippen MR) is 53.6 cm³/mol. The predicted octanol–water partition coefficient (Wildman–Crippen LogP) is 1.58. The lowest BCUT2D eigenvalue weighted by Crippen LogP contribution is -2.28. The Hall–Kier alpha value is -1.84. The first-order valence-electron chi connectivity index (χ1n) is 4.54. The Labute approximate surface area is 87.2 Å². The number of carbonyl (C=O) groups is 2. The fourth-order valence-electron chi connectivity index (χ4n) is 1.48. The highest BCUT2D eigenvalue weighted by Crippen LogP contribution is 2.24. The van der Waals surface area contributed by atoms with Crippen molar-refractivity contribution in [3.63, 3.8) is 0 Å². The molecule has 80 valence electrons. The van der Waals surface area contributed by atoms with E-state index in [1.165, 1.54) is 0 Å². The van der Waals surface area contributed by atoms with Crippen molar-refractivity contribution in [2.45, 2.75) is 12.8 Å². The van der Waals surface area contributed by atoms with Gasteiger partial charge in [0.2, 0.25) is 0 Å². The Morgan fingerprint density at radius 1 is 1.07 bits per heavy atom. The highest BCUT2D eigenvalue weighted by Gasteiger charge is 2.32. The fraction of sp³-hybridized carbons (Fsp3) is 0.273. The minimum atomic E-state index is -1.40. The molecule has 0 saturated heterocycles. The molecule has 0 amide bonds. The smallest absolute Gasteiger partial charge is 0.318 e. The molecule has 0 aliphatic heterocycles. The van der Waals surface area contributed by atoms with Crippen molar-refractivity contribution < 1.29 is 19.8 Å². The van der Waals surface area contributed by atoms with E-state index in [0.717, 1.165) is 0 Å². The maximum absolute atomic E-state index is 10.8. The number of hydrogen-bond donors (Lipinski definition) is 2. The number of aliphatic carboxylic acids is 2. The van der Waals surface area contributed by atoms with E-state index < -0.39 is 23.8 Å². The third kappa shape index (κ3) is 2.56. The van der Waals surface area contributed by atoms with Crippen molar-refractivity contribution in [3.8, 4) is 0 Å². The van der Waals surface area contributed by atoms with E-state index in [2.05, 4.69) is 0 Å². The topological polar surface area (TPSA) is 74.6 Å². The zero-order valence-corrected chi connectivity index (χ0v) is 8.25. The number of rotatable bonds is 4. The molecular formula is C11H12O4. The van der Waals surface area contributed by atoms with E-state index in [-0.39, 0.29) is 0 Å². The van der Waals surface area contributed by atoms with E-state index in [9.17, 15) is 9.59 Å². The zero-order chi connectivity index (χ0) is 11.4. The molecule has 0 aliphatic rings. The molecule has 15 heavy (non-hydrogen) atoms. The minimum absolute atomic E-state index is 0.541. The lowest BCUT2D eigenvalue weighted by molar-refractivity contribution is -0.155. The summed E-state index contributed by atoms with van der Waals surface area (Å²) in [5.74, 6) is -4.55. The SMILES string of the molecule is C[C@H](c1ccccc1)C(C(=O)O)C(=O)O. The Morgan fingerprint density at radius 2 is 1.53 bits per heavy atom. The molecule has 1 atom stereocenters. The van der Waals surface area contributed by atoms with Gasteiger partial charge in [0.15, 0.2) is 5.92 Å². The van der Waals surface area contributed by atoms with Gasteiger partial charge >= 0.3 is 11.9 Å². The van der Waals surface area contributed by atoms with Gasteiger partial charge < -0.3 is 10.2 Å². The molecule has 0 bridgehead atoms. The van der Waals surface area contributed by atoms with Gasteiger partial charge in [-0.25, -0.2) is 0 Å². The maximum Gasteiger partial charge on any atom is 0.318 e. The van der Waals surface area contributed by atoms with Crippen LogP contribution in [0.1, 0.15) is 18.4 Å². The summed E-state index contributed by atoms with van der Waals surface area (Å²) in [6.45, 7) is 1.60. The Bertz CT molecular complexity index is 344. The van der Waals surface area contributed by atoms with E-state index in [0.29, 0.717) is 5.56 Å². The van der Waals surface area contributed by atoms with Crippen molar-refractivity contribution in [1.29, 1.82) is 0 Å². The van der Waals surface area contributed by atoms with Crippen LogP contribution in [0.4, 0.5) is 0 Å². The minimum Gasteiger partial charge on any atom is -0.481 e. The lowest BCUT2D eigenvalue weighted by Gasteiger charge is -2.16. The molecule has 0 heterocycles. The highest BCUT2D eigenvalue weighted by molar-refractivity contribution is 5.94. The lowest BCUT2D eigenvalue weighted by atomic mass is 9.88. The van der Waals surface area contributed by atoms with Crippen LogP contribution in [0, 0.1) is 5.92 Å². The highest BCUT2D eigenvalue weighted by atomic mass is 16.4. The van der Waals surface area contributed by atoms with Crippen molar-refractivity contribution in [3.05, 3.63) is 35.9 Å². The standard InChI is InChI=1S/C11H12O4/c1-7(8-5-3-2-4-6-8)9(10(12)13)11(14)15/h2-7,9H,1H3,(H,12,13)(H,14,15)/t7-/m1/s1. The van der Waals surface area contributed by atoms with Gasteiger partial charge in [-0.2, -0.15) is 0 Å². The summed E-state index contributed by atoms with van der Waals surface area (Å²) < 4.78 is 0. The second kappa shape index (κ2) is 4.59. The molecule has 0 saturated carbocycles. The summed E-state index contributed by atoms with van der Waals surface area (Å²) in [5, 5.41) is 17.6. The fourth-order valence-corrected chi connectivity index (χ4v) is 1.48. The summed E-state index contributed by atoms with van der Waals surface area (Å²) in [6.07, 6.45) is 0. The molecule has 0 radical (unpaired) electrons. The quantitative estimate of drug-likeness (QED) is 0.736. The van der Waals surface area contributed by atoms with Gasteiger partial charge in [0.1, 0.15) is 0 Å². The van der Waals surface area contributed by atoms with Crippen LogP contribution >= 0.6 is 0 Å². The van der Waals surface area contributed by atoms with Crippen molar-refractivity contribution >= 4 is 11.9 Å². The van der Waals surface area contributed by atoms with Crippen LogP contribution in [-0.4, -0.2) is 22.2 Å². The van der Waals surface area contributed by atoms with Crippen LogP contribution in [0.25, 0.3) is 0 Å². The zero-order valence-electron chi connectivity index (χ0n) is 8.25. The van der Waals surface area contributed by atoms with Gasteiger partial charge in [0, 0.05) is 5.92 Å². The Kier molecular flexibility index (Phi) is 3.44. The molecular weight excluding hydrogens is 196 g/mol. The number of benzene rings is 1. The van der Waals surface area contributed by atoms with E-state index >= 15 is 0 Å². The summed E-state index contributed by atoms with van der Waals surface area (Å²) in [6, 6.07) is 8.76. The first-order chi connectivity index (χ1) is 7.04. The number of hydrogen-bond acceptors (Lipinski definition) is 2. The van der Waals surface area contributed by atoms with Gasteiger partial charge in [-0.3, -0.25) is 9.59 Å². The van der Waals surface area contributed by atoms with Crippen molar-refractivity contribution in [2.75, 3.05) is 0 Å². The second-order valence-corrected chi connectivity index (χ2v) is 3.35. The molecule has 0 aliphatic carbocycles. The summed E-state index contributed by atoms with van der Waals surface area (Å²) in [4.78, 5) is 21.5. The third-order valence-corrected chi connectivity index (χ3v) is 2.36. The van der Waals surface area contributed by atoms with Crippen LogP contribution in [0.3, 0.4) is 0 Å². The molecule has 0 aromatic heterocycles. The van der Waals surface area contributed by atoms with E-state index in [4.69, 9.17) is 10.2 Å². The average Bonchev–Trinajstić information content (AvgIpc) is 2.18. The largest absolute Gasteiger partial charge is 0.481 e. The monoisotopic (exact) mass is 208 g/mol. The van der Waals surface area contributed by atoms with Crippen LogP contribution < -0.4 is 0 Å². The summed E-state index contributed by atoms with van der Waals surface area (Å²) in [5.41, 5.74) is 0.715. The summed E-state index contributed by atoms with van der Waals surface area (Å²) >= 11 is 0. The molecule has 0 spiro atoms.